The van der Waals surface area contributed by atoms with E-state index < -0.39 is 0 Å². The molecule has 1 atom stereocenters. The summed E-state index contributed by atoms with van der Waals surface area (Å²) in [6.45, 7) is 10.1. The number of aliphatic imine (C=N–C) groups is 1. The average molecular weight is 351 g/mol. The van der Waals surface area contributed by atoms with Gasteiger partial charge in [0, 0.05) is 45.2 Å². The fraction of sp³-hybridized carbons (Fsp3) is 0.737. The van der Waals surface area contributed by atoms with Crippen LogP contribution in [0.25, 0.3) is 0 Å². The Bertz CT molecular complexity index is 468. The zero-order valence-corrected chi connectivity index (χ0v) is 15.6. The second-order valence-corrected chi connectivity index (χ2v) is 6.92. The second-order valence-electron chi connectivity index (χ2n) is 6.92. The predicted octanol–water partition coefficient (Wildman–Crippen LogP) is 2.46. The number of rotatable bonds is 11. The number of nitrogens with one attached hydrogen (secondary N) is 2. The smallest absolute Gasteiger partial charge is 0.191 e. The van der Waals surface area contributed by atoms with Crippen LogP contribution < -0.4 is 10.6 Å². The van der Waals surface area contributed by atoms with Crippen LogP contribution in [0.4, 0.5) is 0 Å². The molecule has 25 heavy (non-hydrogen) atoms. The lowest BCUT2D eigenvalue weighted by atomic mass is 10.1. The van der Waals surface area contributed by atoms with Gasteiger partial charge >= 0.3 is 0 Å². The summed E-state index contributed by atoms with van der Waals surface area (Å²) in [4.78, 5) is 4.63. The summed E-state index contributed by atoms with van der Waals surface area (Å²) in [6.07, 6.45) is 4.65. The highest BCUT2D eigenvalue weighted by Gasteiger charge is 2.15. The van der Waals surface area contributed by atoms with Gasteiger partial charge in [-0.2, -0.15) is 0 Å². The molecule has 6 nitrogen and oxygen atoms in total. The maximum Gasteiger partial charge on any atom is 0.191 e. The van der Waals surface area contributed by atoms with Crippen molar-refractivity contribution in [2.75, 3.05) is 46.1 Å². The van der Waals surface area contributed by atoms with Gasteiger partial charge in [-0.3, -0.25) is 4.99 Å². The van der Waals surface area contributed by atoms with Gasteiger partial charge < -0.3 is 24.5 Å². The molecule has 1 aliphatic rings. The molecule has 1 aromatic rings. The molecule has 142 valence electrons. The van der Waals surface area contributed by atoms with Gasteiger partial charge in [-0.15, -0.1) is 0 Å². The zero-order chi connectivity index (χ0) is 17.7. The van der Waals surface area contributed by atoms with E-state index in [2.05, 4.69) is 29.5 Å². The number of hydrogen-bond donors (Lipinski definition) is 2. The SMILES string of the molecule is CC(C)CN=C(NCCCOCC1CCOC1)NCCc1ccco1. The van der Waals surface area contributed by atoms with E-state index in [9.17, 15) is 0 Å². The Morgan fingerprint density at radius 3 is 2.96 bits per heavy atom. The molecule has 0 radical (unpaired) electrons. The van der Waals surface area contributed by atoms with Gasteiger partial charge in [0.15, 0.2) is 5.96 Å². The minimum absolute atomic E-state index is 0.542. The first kappa shape index (κ1) is 19.8. The van der Waals surface area contributed by atoms with Gasteiger partial charge in [-0.1, -0.05) is 13.8 Å². The van der Waals surface area contributed by atoms with E-state index in [4.69, 9.17) is 13.9 Å². The van der Waals surface area contributed by atoms with Crippen LogP contribution in [0, 0.1) is 11.8 Å². The summed E-state index contributed by atoms with van der Waals surface area (Å²) < 4.78 is 16.4. The highest BCUT2D eigenvalue weighted by Crippen LogP contribution is 2.12. The molecule has 1 aromatic heterocycles. The Kier molecular flexibility index (Phi) is 9.44. The Labute approximate surface area is 151 Å². The van der Waals surface area contributed by atoms with Crippen LogP contribution in [-0.2, 0) is 15.9 Å². The first-order valence-corrected chi connectivity index (χ1v) is 9.44. The standard InChI is InChI=1S/C19H33N3O3/c1-16(2)13-22-19(21-9-6-18-5-3-11-25-18)20-8-4-10-23-14-17-7-12-24-15-17/h3,5,11,16-17H,4,6-10,12-15H2,1-2H3,(H2,20,21,22). The predicted molar refractivity (Wildman–Crippen MR) is 99.9 cm³/mol. The quantitative estimate of drug-likeness (QED) is 0.364. The molecule has 1 aliphatic heterocycles. The first-order valence-electron chi connectivity index (χ1n) is 9.44. The largest absolute Gasteiger partial charge is 0.469 e. The molecule has 0 spiro atoms. The minimum Gasteiger partial charge on any atom is -0.469 e. The van der Waals surface area contributed by atoms with E-state index in [1.165, 1.54) is 0 Å². The molecule has 2 heterocycles. The molecule has 0 saturated carbocycles. The normalized spacial score (nSPS) is 18.0. The summed E-state index contributed by atoms with van der Waals surface area (Å²) in [5.41, 5.74) is 0. The molecule has 2 N–H and O–H groups in total. The zero-order valence-electron chi connectivity index (χ0n) is 15.6. The lowest BCUT2D eigenvalue weighted by molar-refractivity contribution is 0.0888. The summed E-state index contributed by atoms with van der Waals surface area (Å²) in [6, 6.07) is 3.91. The Hall–Kier alpha value is -1.53. The van der Waals surface area contributed by atoms with Gasteiger partial charge in [0.2, 0.25) is 0 Å². The van der Waals surface area contributed by atoms with Gasteiger partial charge in [0.25, 0.3) is 0 Å². The van der Waals surface area contributed by atoms with Gasteiger partial charge in [0.05, 0.1) is 19.5 Å². The third kappa shape index (κ3) is 8.93. The van der Waals surface area contributed by atoms with E-state index >= 15 is 0 Å². The minimum atomic E-state index is 0.542. The maximum atomic E-state index is 5.74. The van der Waals surface area contributed by atoms with Crippen LogP contribution in [0.1, 0.15) is 32.4 Å². The highest BCUT2D eigenvalue weighted by atomic mass is 16.5. The molecule has 1 fully saturated rings. The highest BCUT2D eigenvalue weighted by molar-refractivity contribution is 5.79. The molecule has 1 saturated heterocycles. The van der Waals surface area contributed by atoms with Crippen LogP contribution >= 0.6 is 0 Å². The summed E-state index contributed by atoms with van der Waals surface area (Å²) >= 11 is 0. The molecule has 0 aromatic carbocycles. The van der Waals surface area contributed by atoms with Gasteiger partial charge in [0.1, 0.15) is 5.76 Å². The van der Waals surface area contributed by atoms with Crippen molar-refractivity contribution in [2.24, 2.45) is 16.8 Å². The molecule has 0 aliphatic carbocycles. The van der Waals surface area contributed by atoms with Crippen molar-refractivity contribution in [1.29, 1.82) is 0 Å². The van der Waals surface area contributed by atoms with Crippen molar-refractivity contribution < 1.29 is 13.9 Å². The molecular weight excluding hydrogens is 318 g/mol. The van der Waals surface area contributed by atoms with Crippen molar-refractivity contribution in [3.8, 4) is 0 Å². The fourth-order valence-electron chi connectivity index (χ4n) is 2.55. The van der Waals surface area contributed by atoms with Crippen LogP contribution in [0.2, 0.25) is 0 Å². The van der Waals surface area contributed by atoms with Crippen LogP contribution in [-0.4, -0.2) is 52.0 Å². The third-order valence-electron chi connectivity index (χ3n) is 3.99. The van der Waals surface area contributed by atoms with Gasteiger partial charge in [-0.25, -0.2) is 0 Å². The molecule has 0 amide bonds. The summed E-state index contributed by atoms with van der Waals surface area (Å²) in [5, 5.41) is 6.76. The van der Waals surface area contributed by atoms with Crippen molar-refractivity contribution in [2.45, 2.75) is 33.1 Å². The molecule has 0 bridgehead atoms. The lowest BCUT2D eigenvalue weighted by Crippen LogP contribution is -2.39. The molecule has 1 unspecified atom stereocenters. The van der Waals surface area contributed by atoms with Crippen molar-refractivity contribution in [3.63, 3.8) is 0 Å². The lowest BCUT2D eigenvalue weighted by Gasteiger charge is -2.13. The van der Waals surface area contributed by atoms with Crippen molar-refractivity contribution >= 4 is 5.96 Å². The average Bonchev–Trinajstić information content (AvgIpc) is 3.28. The summed E-state index contributed by atoms with van der Waals surface area (Å²) in [5.74, 6) is 2.98. The molecule has 2 rings (SSSR count). The number of furan rings is 1. The summed E-state index contributed by atoms with van der Waals surface area (Å²) in [7, 11) is 0. The second kappa shape index (κ2) is 11.9. The monoisotopic (exact) mass is 351 g/mol. The molecule has 6 heteroatoms. The maximum absolute atomic E-state index is 5.74. The van der Waals surface area contributed by atoms with Crippen LogP contribution in [0.3, 0.4) is 0 Å². The number of hydrogen-bond acceptors (Lipinski definition) is 4. The first-order chi connectivity index (χ1) is 12.2. The Morgan fingerprint density at radius 2 is 2.24 bits per heavy atom. The van der Waals surface area contributed by atoms with E-state index in [1.807, 2.05) is 12.1 Å². The number of ether oxygens (including phenoxy) is 2. The molecular formula is C19H33N3O3. The number of nitrogens with zero attached hydrogens (tertiary/aromatic N) is 1. The van der Waals surface area contributed by atoms with Gasteiger partial charge in [-0.05, 0) is 30.9 Å². The van der Waals surface area contributed by atoms with E-state index in [0.717, 1.165) is 77.0 Å². The van der Waals surface area contributed by atoms with E-state index in [0.29, 0.717) is 11.8 Å². The van der Waals surface area contributed by atoms with Crippen molar-refractivity contribution in [1.82, 2.24) is 10.6 Å². The number of guanidine groups is 1. The third-order valence-corrected chi connectivity index (χ3v) is 3.99. The Balaban J connectivity index is 1.58. The topological polar surface area (TPSA) is 68.0 Å². The van der Waals surface area contributed by atoms with E-state index in [-0.39, 0.29) is 0 Å². The fourth-order valence-corrected chi connectivity index (χ4v) is 2.55. The van der Waals surface area contributed by atoms with Crippen LogP contribution in [0.15, 0.2) is 27.8 Å². The van der Waals surface area contributed by atoms with E-state index in [1.54, 1.807) is 6.26 Å². The Morgan fingerprint density at radius 1 is 1.36 bits per heavy atom. The van der Waals surface area contributed by atoms with Crippen molar-refractivity contribution in [3.05, 3.63) is 24.2 Å². The van der Waals surface area contributed by atoms with Crippen LogP contribution in [0.5, 0.6) is 0 Å².